The molecule has 92 valence electrons. The maximum atomic E-state index is 6.60. The van der Waals surface area contributed by atoms with Gasteiger partial charge < -0.3 is 9.64 Å². The first-order valence-electron chi connectivity index (χ1n) is 5.55. The summed E-state index contributed by atoms with van der Waals surface area (Å²) in [7, 11) is 0. The van der Waals surface area contributed by atoms with E-state index in [2.05, 4.69) is 11.8 Å². The summed E-state index contributed by atoms with van der Waals surface area (Å²) in [5, 5.41) is 0.746. The SMILES string of the molecule is C[C@]12OCCS[C@@]1(Cl)CN2c1ccc(Cl)cc1. The standard InChI is InChI=1S/C12H13Cl2NOS/c1-11-12(14,17-7-6-16-11)8-15(11)10-4-2-9(13)3-5-10/h2-5H,6-8H2,1H3/t11-,12-/m0/s1. The molecular weight excluding hydrogens is 277 g/mol. The Morgan fingerprint density at radius 1 is 1.35 bits per heavy atom. The molecule has 0 aliphatic carbocycles. The molecule has 0 spiro atoms. The zero-order chi connectivity index (χ0) is 12.1. The van der Waals surface area contributed by atoms with Crippen LogP contribution in [0, 0.1) is 0 Å². The second-order valence-electron chi connectivity index (χ2n) is 4.47. The van der Waals surface area contributed by atoms with Crippen molar-refractivity contribution in [3.63, 3.8) is 0 Å². The maximum Gasteiger partial charge on any atom is 0.168 e. The molecule has 0 saturated carbocycles. The lowest BCUT2D eigenvalue weighted by Crippen LogP contribution is -2.76. The second-order valence-corrected chi connectivity index (χ2v) is 7.17. The van der Waals surface area contributed by atoms with Gasteiger partial charge in [-0.2, -0.15) is 0 Å². The first-order chi connectivity index (χ1) is 8.05. The van der Waals surface area contributed by atoms with Crippen LogP contribution < -0.4 is 4.90 Å². The number of ether oxygens (including phenoxy) is 1. The molecule has 2 saturated heterocycles. The summed E-state index contributed by atoms with van der Waals surface area (Å²) in [4.78, 5) is 2.20. The summed E-state index contributed by atoms with van der Waals surface area (Å²) in [6.07, 6.45) is 0. The van der Waals surface area contributed by atoms with Gasteiger partial charge in [-0.25, -0.2) is 0 Å². The van der Waals surface area contributed by atoms with Crippen LogP contribution in [0.25, 0.3) is 0 Å². The lowest BCUT2D eigenvalue weighted by Gasteiger charge is -2.63. The highest BCUT2D eigenvalue weighted by Gasteiger charge is 2.64. The zero-order valence-electron chi connectivity index (χ0n) is 9.45. The first kappa shape index (κ1) is 12.0. The van der Waals surface area contributed by atoms with Crippen molar-refractivity contribution in [3.05, 3.63) is 29.3 Å². The van der Waals surface area contributed by atoms with Gasteiger partial charge in [0.25, 0.3) is 0 Å². The monoisotopic (exact) mass is 289 g/mol. The average molecular weight is 290 g/mol. The van der Waals surface area contributed by atoms with Gasteiger partial charge in [0.05, 0.1) is 13.2 Å². The molecule has 2 aliphatic heterocycles. The minimum Gasteiger partial charge on any atom is -0.352 e. The Morgan fingerprint density at radius 3 is 2.71 bits per heavy atom. The van der Waals surface area contributed by atoms with Gasteiger partial charge in [-0.3, -0.25) is 0 Å². The molecule has 0 radical (unpaired) electrons. The molecule has 0 amide bonds. The van der Waals surface area contributed by atoms with Gasteiger partial charge in [0.15, 0.2) is 9.93 Å². The Balaban J connectivity index is 1.89. The highest BCUT2D eigenvalue weighted by atomic mass is 35.5. The number of alkyl halides is 1. The van der Waals surface area contributed by atoms with E-state index < -0.39 is 5.72 Å². The van der Waals surface area contributed by atoms with Crippen molar-refractivity contribution in [2.45, 2.75) is 16.9 Å². The number of anilines is 1. The van der Waals surface area contributed by atoms with Gasteiger partial charge in [-0.15, -0.1) is 23.4 Å². The fourth-order valence-corrected chi connectivity index (χ4v) is 4.16. The van der Waals surface area contributed by atoms with Gasteiger partial charge in [0, 0.05) is 16.5 Å². The molecule has 0 N–H and O–H groups in total. The molecule has 2 fully saturated rings. The molecule has 0 bridgehead atoms. The highest BCUT2D eigenvalue weighted by Crippen LogP contribution is 2.56. The first-order valence-corrected chi connectivity index (χ1v) is 7.29. The summed E-state index contributed by atoms with van der Waals surface area (Å²) in [6, 6.07) is 7.80. The van der Waals surface area contributed by atoms with Crippen LogP contribution in [0.15, 0.2) is 24.3 Å². The lowest BCUT2D eigenvalue weighted by atomic mass is 9.96. The number of halogens is 2. The van der Waals surface area contributed by atoms with E-state index in [0.717, 1.165) is 29.6 Å². The number of rotatable bonds is 1. The summed E-state index contributed by atoms with van der Waals surface area (Å²) in [5.41, 5.74) is 0.696. The van der Waals surface area contributed by atoms with Crippen LogP contribution in [0.3, 0.4) is 0 Å². The van der Waals surface area contributed by atoms with Gasteiger partial charge in [0.2, 0.25) is 0 Å². The molecule has 3 rings (SSSR count). The average Bonchev–Trinajstić information content (AvgIpc) is 2.31. The van der Waals surface area contributed by atoms with Gasteiger partial charge in [-0.1, -0.05) is 11.6 Å². The van der Waals surface area contributed by atoms with Crippen LogP contribution in [-0.2, 0) is 4.74 Å². The lowest BCUT2D eigenvalue weighted by molar-refractivity contribution is -0.0781. The third-order valence-electron chi connectivity index (χ3n) is 3.50. The summed E-state index contributed by atoms with van der Waals surface area (Å²) < 4.78 is 5.59. The molecule has 0 unspecified atom stereocenters. The fraction of sp³-hybridized carbons (Fsp3) is 0.500. The van der Waals surface area contributed by atoms with Crippen molar-refractivity contribution in [1.82, 2.24) is 0 Å². The Hall–Kier alpha value is -0.0900. The van der Waals surface area contributed by atoms with Crippen LogP contribution in [-0.4, -0.2) is 28.8 Å². The zero-order valence-corrected chi connectivity index (χ0v) is 11.8. The molecule has 2 atom stereocenters. The van der Waals surface area contributed by atoms with E-state index in [9.17, 15) is 0 Å². The van der Waals surface area contributed by atoms with Crippen LogP contribution in [0.2, 0.25) is 5.02 Å². The topological polar surface area (TPSA) is 12.5 Å². The van der Waals surface area contributed by atoms with Crippen LogP contribution in [0.5, 0.6) is 0 Å². The van der Waals surface area contributed by atoms with Crippen molar-refractivity contribution in [1.29, 1.82) is 0 Å². The van der Waals surface area contributed by atoms with E-state index in [-0.39, 0.29) is 4.21 Å². The minimum absolute atomic E-state index is 0.315. The number of benzene rings is 1. The molecule has 0 aromatic heterocycles. The summed E-state index contributed by atoms with van der Waals surface area (Å²) in [5.74, 6) is 0.966. The van der Waals surface area contributed by atoms with E-state index in [0.29, 0.717) is 0 Å². The smallest absolute Gasteiger partial charge is 0.168 e. The molecule has 1 aromatic rings. The van der Waals surface area contributed by atoms with E-state index in [1.165, 1.54) is 0 Å². The minimum atomic E-state index is -0.411. The number of fused-ring (bicyclic) bond motifs is 1. The van der Waals surface area contributed by atoms with Gasteiger partial charge in [-0.05, 0) is 31.2 Å². The quantitative estimate of drug-likeness (QED) is 0.734. The third-order valence-corrected chi connectivity index (χ3v) is 5.89. The Kier molecular flexibility index (Phi) is 2.78. The molecule has 2 aliphatic rings. The van der Waals surface area contributed by atoms with Gasteiger partial charge in [0.1, 0.15) is 0 Å². The molecule has 5 heteroatoms. The number of thioether (sulfide) groups is 1. The highest BCUT2D eigenvalue weighted by molar-refractivity contribution is 8.02. The van der Waals surface area contributed by atoms with Gasteiger partial charge >= 0.3 is 0 Å². The predicted molar refractivity (Wildman–Crippen MR) is 74.2 cm³/mol. The Bertz CT molecular complexity index is 441. The van der Waals surface area contributed by atoms with Crippen molar-refractivity contribution in [3.8, 4) is 0 Å². The summed E-state index contributed by atoms with van der Waals surface area (Å²) in [6.45, 7) is 3.61. The molecular formula is C12H13Cl2NOS. The van der Waals surface area contributed by atoms with Crippen molar-refractivity contribution >= 4 is 40.7 Å². The van der Waals surface area contributed by atoms with Crippen LogP contribution in [0.1, 0.15) is 6.92 Å². The third kappa shape index (κ3) is 1.67. The van der Waals surface area contributed by atoms with Crippen molar-refractivity contribution in [2.24, 2.45) is 0 Å². The summed E-state index contributed by atoms with van der Waals surface area (Å²) >= 11 is 14.3. The van der Waals surface area contributed by atoms with Crippen molar-refractivity contribution in [2.75, 3.05) is 23.8 Å². The normalized spacial score (nSPS) is 36.3. The van der Waals surface area contributed by atoms with Crippen LogP contribution >= 0.6 is 35.0 Å². The predicted octanol–water partition coefficient (Wildman–Crippen LogP) is 3.57. The number of hydrogen-bond donors (Lipinski definition) is 0. The Labute approximate surface area is 115 Å². The van der Waals surface area contributed by atoms with E-state index in [4.69, 9.17) is 27.9 Å². The van der Waals surface area contributed by atoms with E-state index in [1.54, 1.807) is 11.8 Å². The Morgan fingerprint density at radius 2 is 2.06 bits per heavy atom. The molecule has 2 nitrogen and oxygen atoms in total. The molecule has 17 heavy (non-hydrogen) atoms. The fourth-order valence-electron chi connectivity index (χ4n) is 2.38. The van der Waals surface area contributed by atoms with E-state index >= 15 is 0 Å². The number of hydrogen-bond acceptors (Lipinski definition) is 3. The second kappa shape index (κ2) is 3.95. The molecule has 2 heterocycles. The molecule has 1 aromatic carbocycles. The maximum absolute atomic E-state index is 6.60. The van der Waals surface area contributed by atoms with E-state index in [1.807, 2.05) is 24.3 Å². The number of nitrogens with zero attached hydrogens (tertiary/aromatic N) is 1. The van der Waals surface area contributed by atoms with Crippen LogP contribution in [0.4, 0.5) is 5.69 Å². The largest absolute Gasteiger partial charge is 0.352 e. The van der Waals surface area contributed by atoms with Crippen molar-refractivity contribution < 1.29 is 4.74 Å².